The molecule has 0 heterocycles. The summed E-state index contributed by atoms with van der Waals surface area (Å²) in [6.45, 7) is 6.81. The van der Waals surface area contributed by atoms with Crippen LogP contribution in [0.25, 0.3) is 0 Å². The summed E-state index contributed by atoms with van der Waals surface area (Å²) >= 11 is 0. The Bertz CT molecular complexity index is 132. The molecule has 1 atom stereocenters. The molecule has 0 aliphatic carbocycles. The van der Waals surface area contributed by atoms with Crippen molar-refractivity contribution in [1.29, 1.82) is 0 Å². The highest BCUT2D eigenvalue weighted by atomic mass is 14.9. The molecule has 0 spiro atoms. The first-order chi connectivity index (χ1) is 5.35. The smallest absolute Gasteiger partial charge is 0.0110 e. The van der Waals surface area contributed by atoms with E-state index in [0.717, 1.165) is 25.8 Å². The van der Waals surface area contributed by atoms with Gasteiger partial charge in [0.05, 0.1) is 0 Å². The van der Waals surface area contributed by atoms with E-state index in [-0.39, 0.29) is 0 Å². The molecule has 0 aromatic heterocycles. The molecule has 11 heavy (non-hydrogen) atoms. The summed E-state index contributed by atoms with van der Waals surface area (Å²) in [7, 11) is 0. The maximum Gasteiger partial charge on any atom is 0.0110 e. The van der Waals surface area contributed by atoms with E-state index in [0.29, 0.717) is 6.04 Å². The zero-order valence-corrected chi connectivity index (χ0v) is 7.27. The fourth-order valence-electron chi connectivity index (χ4n) is 1.05. The standard InChI is InChI=1S/C10H17N/c1-4-7-9-10(8-5-2)11-6-3/h1,5,10-11H,2,6-9H2,3H3. The van der Waals surface area contributed by atoms with Crippen molar-refractivity contribution in [2.75, 3.05) is 6.54 Å². The highest BCUT2D eigenvalue weighted by molar-refractivity contribution is 4.87. The van der Waals surface area contributed by atoms with E-state index in [4.69, 9.17) is 6.42 Å². The summed E-state index contributed by atoms with van der Waals surface area (Å²) in [5.74, 6) is 2.64. The normalized spacial score (nSPS) is 12.0. The first-order valence-electron chi connectivity index (χ1n) is 4.12. The van der Waals surface area contributed by atoms with Crippen molar-refractivity contribution in [2.45, 2.75) is 32.2 Å². The van der Waals surface area contributed by atoms with Gasteiger partial charge in [0.25, 0.3) is 0 Å². The predicted octanol–water partition coefficient (Wildman–Crippen LogP) is 1.95. The second kappa shape index (κ2) is 7.37. The largest absolute Gasteiger partial charge is 0.314 e. The van der Waals surface area contributed by atoms with E-state index in [1.165, 1.54) is 0 Å². The third-order valence-corrected chi connectivity index (χ3v) is 1.58. The number of hydrogen-bond acceptors (Lipinski definition) is 1. The average Bonchev–Trinajstić information content (AvgIpc) is 2.01. The SMILES string of the molecule is C#CCCC(CC=C)NCC. The lowest BCUT2D eigenvalue weighted by molar-refractivity contribution is 0.505. The molecule has 0 rings (SSSR count). The Morgan fingerprint density at radius 1 is 1.73 bits per heavy atom. The van der Waals surface area contributed by atoms with Crippen LogP contribution in [0.2, 0.25) is 0 Å². The van der Waals surface area contributed by atoms with Gasteiger partial charge in [-0.3, -0.25) is 0 Å². The topological polar surface area (TPSA) is 12.0 Å². The molecule has 0 saturated heterocycles. The van der Waals surface area contributed by atoms with Crippen molar-refractivity contribution in [3.63, 3.8) is 0 Å². The minimum Gasteiger partial charge on any atom is -0.314 e. The second-order valence-corrected chi connectivity index (χ2v) is 2.52. The molecule has 1 unspecified atom stereocenters. The molecule has 0 aliphatic heterocycles. The average molecular weight is 151 g/mol. The van der Waals surface area contributed by atoms with Crippen LogP contribution >= 0.6 is 0 Å². The lowest BCUT2D eigenvalue weighted by Gasteiger charge is -2.13. The molecule has 1 nitrogen and oxygen atoms in total. The maximum atomic E-state index is 5.17. The van der Waals surface area contributed by atoms with Crippen LogP contribution in [0.15, 0.2) is 12.7 Å². The van der Waals surface area contributed by atoms with Gasteiger partial charge in [0.1, 0.15) is 0 Å². The second-order valence-electron chi connectivity index (χ2n) is 2.52. The molecular weight excluding hydrogens is 134 g/mol. The van der Waals surface area contributed by atoms with Crippen LogP contribution in [0.3, 0.4) is 0 Å². The van der Waals surface area contributed by atoms with E-state index in [2.05, 4.69) is 24.7 Å². The Labute approximate surface area is 69.9 Å². The first-order valence-corrected chi connectivity index (χ1v) is 4.12. The Morgan fingerprint density at radius 2 is 2.45 bits per heavy atom. The molecular formula is C10H17N. The van der Waals surface area contributed by atoms with Gasteiger partial charge in [-0.15, -0.1) is 18.9 Å². The quantitative estimate of drug-likeness (QED) is 0.452. The van der Waals surface area contributed by atoms with Gasteiger partial charge in [0, 0.05) is 12.5 Å². The summed E-state index contributed by atoms with van der Waals surface area (Å²) in [5, 5.41) is 3.35. The van der Waals surface area contributed by atoms with Crippen molar-refractivity contribution in [1.82, 2.24) is 5.32 Å². The van der Waals surface area contributed by atoms with Crippen molar-refractivity contribution >= 4 is 0 Å². The van der Waals surface area contributed by atoms with Crippen LogP contribution in [-0.2, 0) is 0 Å². The molecule has 62 valence electrons. The van der Waals surface area contributed by atoms with Gasteiger partial charge >= 0.3 is 0 Å². The van der Waals surface area contributed by atoms with Crippen molar-refractivity contribution in [3.8, 4) is 12.3 Å². The van der Waals surface area contributed by atoms with Gasteiger partial charge in [0.15, 0.2) is 0 Å². The van der Waals surface area contributed by atoms with Gasteiger partial charge in [-0.05, 0) is 19.4 Å². The van der Waals surface area contributed by atoms with Crippen LogP contribution in [0, 0.1) is 12.3 Å². The molecule has 0 amide bonds. The summed E-state index contributed by atoms with van der Waals surface area (Å²) in [6, 6.07) is 0.522. The fourth-order valence-corrected chi connectivity index (χ4v) is 1.05. The molecule has 0 fully saturated rings. The van der Waals surface area contributed by atoms with Crippen molar-refractivity contribution in [2.24, 2.45) is 0 Å². The van der Waals surface area contributed by atoms with Crippen molar-refractivity contribution < 1.29 is 0 Å². The third kappa shape index (κ3) is 5.69. The Balaban J connectivity index is 3.51. The van der Waals surface area contributed by atoms with Crippen LogP contribution in [0.1, 0.15) is 26.2 Å². The zero-order valence-electron chi connectivity index (χ0n) is 7.27. The highest BCUT2D eigenvalue weighted by Gasteiger charge is 2.02. The maximum absolute atomic E-state index is 5.17. The molecule has 0 aromatic carbocycles. The summed E-state index contributed by atoms with van der Waals surface area (Å²) in [6.07, 6.45) is 10.0. The first kappa shape index (κ1) is 10.3. The molecule has 0 bridgehead atoms. The predicted molar refractivity (Wildman–Crippen MR) is 50.3 cm³/mol. The Morgan fingerprint density at radius 3 is 2.91 bits per heavy atom. The van der Waals surface area contributed by atoms with E-state index in [1.54, 1.807) is 0 Å². The molecule has 0 saturated carbocycles. The van der Waals surface area contributed by atoms with Crippen LogP contribution < -0.4 is 5.32 Å². The zero-order chi connectivity index (χ0) is 8.53. The Hall–Kier alpha value is -0.740. The molecule has 0 radical (unpaired) electrons. The highest BCUT2D eigenvalue weighted by Crippen LogP contribution is 2.01. The number of terminal acetylenes is 1. The van der Waals surface area contributed by atoms with Gasteiger partial charge in [-0.1, -0.05) is 13.0 Å². The molecule has 1 N–H and O–H groups in total. The van der Waals surface area contributed by atoms with E-state index >= 15 is 0 Å². The van der Waals surface area contributed by atoms with Gasteiger partial charge in [-0.2, -0.15) is 0 Å². The monoisotopic (exact) mass is 151 g/mol. The van der Waals surface area contributed by atoms with Gasteiger partial charge in [0.2, 0.25) is 0 Å². The fraction of sp³-hybridized carbons (Fsp3) is 0.600. The summed E-state index contributed by atoms with van der Waals surface area (Å²) in [5.41, 5.74) is 0. The number of hydrogen-bond donors (Lipinski definition) is 1. The Kier molecular flexibility index (Phi) is 6.87. The van der Waals surface area contributed by atoms with E-state index in [9.17, 15) is 0 Å². The number of rotatable bonds is 6. The molecule has 0 aliphatic rings. The van der Waals surface area contributed by atoms with E-state index < -0.39 is 0 Å². The lowest BCUT2D eigenvalue weighted by atomic mass is 10.1. The number of nitrogens with one attached hydrogen (secondary N) is 1. The summed E-state index contributed by atoms with van der Waals surface area (Å²) < 4.78 is 0. The molecule has 0 aromatic rings. The molecule has 1 heteroatoms. The minimum atomic E-state index is 0.522. The van der Waals surface area contributed by atoms with Crippen molar-refractivity contribution in [3.05, 3.63) is 12.7 Å². The van der Waals surface area contributed by atoms with E-state index in [1.807, 2.05) is 6.08 Å². The van der Waals surface area contributed by atoms with Crippen LogP contribution in [0.4, 0.5) is 0 Å². The van der Waals surface area contributed by atoms with Crippen LogP contribution in [-0.4, -0.2) is 12.6 Å². The third-order valence-electron chi connectivity index (χ3n) is 1.58. The van der Waals surface area contributed by atoms with Gasteiger partial charge in [-0.25, -0.2) is 0 Å². The van der Waals surface area contributed by atoms with Crippen LogP contribution in [0.5, 0.6) is 0 Å². The lowest BCUT2D eigenvalue weighted by Crippen LogP contribution is -2.27. The van der Waals surface area contributed by atoms with Gasteiger partial charge < -0.3 is 5.32 Å². The summed E-state index contributed by atoms with van der Waals surface area (Å²) in [4.78, 5) is 0. The minimum absolute atomic E-state index is 0.522.